The number of ether oxygens (including phenoxy) is 1. The number of hydrogen-bond donors (Lipinski definition) is 0. The molecule has 0 N–H and O–H groups in total. The van der Waals surface area contributed by atoms with Gasteiger partial charge in [0.05, 0.1) is 25.3 Å². The first kappa shape index (κ1) is 21.1. The van der Waals surface area contributed by atoms with Crippen molar-refractivity contribution in [1.82, 2.24) is 24.5 Å². The van der Waals surface area contributed by atoms with Gasteiger partial charge in [-0.3, -0.25) is 9.30 Å². The van der Waals surface area contributed by atoms with Gasteiger partial charge < -0.3 is 14.1 Å². The summed E-state index contributed by atoms with van der Waals surface area (Å²) in [6.45, 7) is 4.20. The third-order valence-electron chi connectivity index (χ3n) is 6.18. The molecule has 0 amide bonds. The van der Waals surface area contributed by atoms with Gasteiger partial charge in [-0.25, -0.2) is 0 Å². The standard InChI is InChI=1S/C25H23ClN6O2/c1-30(24-21-7-5-18(26)14-22(21)32-16-27-29-25(32)28-24)19-4-2-3-17(13-19)23-8-6-20(34-23)15-31-9-11-33-12-10-31/h2-8,13-14,16H,9-12,15H2,1H3. The van der Waals surface area contributed by atoms with Gasteiger partial charge in [-0.1, -0.05) is 23.7 Å². The van der Waals surface area contributed by atoms with Crippen LogP contribution in [0.5, 0.6) is 0 Å². The Bertz CT molecular complexity index is 1470. The van der Waals surface area contributed by atoms with Crippen LogP contribution in [0.3, 0.4) is 0 Å². The molecule has 8 nitrogen and oxygen atoms in total. The fourth-order valence-electron chi connectivity index (χ4n) is 4.37. The highest BCUT2D eigenvalue weighted by Crippen LogP contribution is 2.33. The third-order valence-corrected chi connectivity index (χ3v) is 6.41. The molecule has 1 saturated heterocycles. The maximum atomic E-state index is 6.28. The van der Waals surface area contributed by atoms with Gasteiger partial charge >= 0.3 is 0 Å². The van der Waals surface area contributed by atoms with Crippen LogP contribution >= 0.6 is 11.6 Å². The molecule has 1 aliphatic heterocycles. The highest BCUT2D eigenvalue weighted by molar-refractivity contribution is 6.31. The summed E-state index contributed by atoms with van der Waals surface area (Å²) in [6, 6.07) is 18.1. The second-order valence-electron chi connectivity index (χ2n) is 8.36. The highest BCUT2D eigenvalue weighted by atomic mass is 35.5. The number of furan rings is 1. The lowest BCUT2D eigenvalue weighted by Gasteiger charge is -2.25. The molecule has 0 bridgehead atoms. The lowest BCUT2D eigenvalue weighted by Crippen LogP contribution is -2.35. The van der Waals surface area contributed by atoms with E-state index >= 15 is 0 Å². The normalized spacial score (nSPS) is 14.8. The average Bonchev–Trinajstić information content (AvgIpc) is 3.53. The number of hydrogen-bond acceptors (Lipinski definition) is 7. The zero-order valence-corrected chi connectivity index (χ0v) is 19.4. The molecule has 0 unspecified atom stereocenters. The minimum absolute atomic E-state index is 0.520. The van der Waals surface area contributed by atoms with Crippen molar-refractivity contribution in [3.05, 3.63) is 71.7 Å². The van der Waals surface area contributed by atoms with E-state index in [-0.39, 0.29) is 0 Å². The van der Waals surface area contributed by atoms with E-state index in [1.807, 2.05) is 46.7 Å². The molecule has 172 valence electrons. The quantitative estimate of drug-likeness (QED) is 0.362. The molecule has 0 aliphatic carbocycles. The monoisotopic (exact) mass is 474 g/mol. The third kappa shape index (κ3) is 3.90. The second kappa shape index (κ2) is 8.72. The van der Waals surface area contributed by atoms with Crippen molar-refractivity contribution in [3.8, 4) is 11.3 Å². The molecule has 1 aliphatic rings. The van der Waals surface area contributed by atoms with Gasteiger partial charge in [-0.2, -0.15) is 4.98 Å². The molecule has 6 rings (SSSR count). The minimum atomic E-state index is 0.520. The highest BCUT2D eigenvalue weighted by Gasteiger charge is 2.17. The van der Waals surface area contributed by atoms with Crippen LogP contribution in [0.4, 0.5) is 11.5 Å². The zero-order valence-electron chi connectivity index (χ0n) is 18.7. The molecular weight excluding hydrogens is 452 g/mol. The van der Waals surface area contributed by atoms with Crippen molar-refractivity contribution in [3.63, 3.8) is 0 Å². The van der Waals surface area contributed by atoms with Crippen LogP contribution in [0.1, 0.15) is 5.76 Å². The van der Waals surface area contributed by atoms with Crippen LogP contribution < -0.4 is 4.90 Å². The Morgan fingerprint density at radius 2 is 1.94 bits per heavy atom. The minimum Gasteiger partial charge on any atom is -0.460 e. The first-order chi connectivity index (χ1) is 16.7. The van der Waals surface area contributed by atoms with Crippen molar-refractivity contribution in [2.45, 2.75) is 6.54 Å². The Morgan fingerprint density at radius 1 is 1.06 bits per heavy atom. The van der Waals surface area contributed by atoms with Crippen molar-refractivity contribution in [2.24, 2.45) is 0 Å². The summed E-state index contributed by atoms with van der Waals surface area (Å²) in [5, 5.41) is 9.78. The van der Waals surface area contributed by atoms with E-state index in [0.717, 1.165) is 72.3 Å². The van der Waals surface area contributed by atoms with Gasteiger partial charge in [0.2, 0.25) is 0 Å². The molecular formula is C25H23ClN6O2. The Morgan fingerprint density at radius 3 is 2.82 bits per heavy atom. The summed E-state index contributed by atoms with van der Waals surface area (Å²) < 4.78 is 13.5. The van der Waals surface area contributed by atoms with Crippen molar-refractivity contribution >= 4 is 39.8 Å². The van der Waals surface area contributed by atoms with Gasteiger partial charge in [0.15, 0.2) is 0 Å². The van der Waals surface area contributed by atoms with Gasteiger partial charge in [0.1, 0.15) is 23.7 Å². The van der Waals surface area contributed by atoms with Gasteiger partial charge in [-0.15, -0.1) is 10.2 Å². The number of anilines is 2. The van der Waals surface area contributed by atoms with Gasteiger partial charge in [-0.05, 0) is 42.5 Å². The molecule has 1 fully saturated rings. The molecule has 0 spiro atoms. The first-order valence-electron chi connectivity index (χ1n) is 11.2. The predicted molar refractivity (Wildman–Crippen MR) is 132 cm³/mol. The van der Waals surface area contributed by atoms with Gasteiger partial charge in [0, 0.05) is 41.8 Å². The molecule has 9 heteroatoms. The van der Waals surface area contributed by atoms with Gasteiger partial charge in [0.25, 0.3) is 5.78 Å². The van der Waals surface area contributed by atoms with Crippen LogP contribution in [0, 0.1) is 0 Å². The second-order valence-corrected chi connectivity index (χ2v) is 8.80. The first-order valence-corrected chi connectivity index (χ1v) is 11.6. The summed E-state index contributed by atoms with van der Waals surface area (Å²) in [4.78, 5) is 9.17. The summed E-state index contributed by atoms with van der Waals surface area (Å²) in [5.74, 6) is 3.09. The molecule has 0 saturated carbocycles. The van der Waals surface area contributed by atoms with Crippen molar-refractivity contribution < 1.29 is 9.15 Å². The van der Waals surface area contributed by atoms with E-state index in [9.17, 15) is 0 Å². The van der Waals surface area contributed by atoms with E-state index < -0.39 is 0 Å². The Labute approximate surface area is 201 Å². The van der Waals surface area contributed by atoms with Crippen LogP contribution in [0.2, 0.25) is 5.02 Å². The fraction of sp³-hybridized carbons (Fsp3) is 0.240. The van der Waals surface area contributed by atoms with E-state index in [1.165, 1.54) is 0 Å². The molecule has 2 aromatic carbocycles. The van der Waals surface area contributed by atoms with Crippen LogP contribution in [0.15, 0.2) is 65.3 Å². The summed E-state index contributed by atoms with van der Waals surface area (Å²) >= 11 is 6.28. The maximum absolute atomic E-state index is 6.28. The maximum Gasteiger partial charge on any atom is 0.257 e. The number of morpholine rings is 1. The Balaban J connectivity index is 1.33. The SMILES string of the molecule is CN(c1cccc(-c2ccc(CN3CCOCC3)o2)c1)c1nc2nncn2c2cc(Cl)ccc12. The lowest BCUT2D eigenvalue weighted by molar-refractivity contribution is 0.0314. The topological polar surface area (TPSA) is 71.9 Å². The van der Waals surface area contributed by atoms with Crippen molar-refractivity contribution in [2.75, 3.05) is 38.3 Å². The number of nitrogens with zero attached hydrogens (tertiary/aromatic N) is 6. The number of benzene rings is 2. The smallest absolute Gasteiger partial charge is 0.257 e. The van der Waals surface area contributed by atoms with Crippen molar-refractivity contribution in [1.29, 1.82) is 0 Å². The molecule has 3 aromatic heterocycles. The molecule has 34 heavy (non-hydrogen) atoms. The largest absolute Gasteiger partial charge is 0.460 e. The molecule has 0 radical (unpaired) electrons. The molecule has 5 aromatic rings. The Hall–Kier alpha value is -3.46. The number of fused-ring (bicyclic) bond motifs is 3. The molecule has 4 heterocycles. The van der Waals surface area contributed by atoms with Crippen LogP contribution in [-0.4, -0.2) is 57.8 Å². The summed E-state index contributed by atoms with van der Waals surface area (Å²) in [6.07, 6.45) is 1.65. The van der Waals surface area contributed by atoms with E-state index in [4.69, 9.17) is 25.7 Å². The van der Waals surface area contributed by atoms with E-state index in [2.05, 4.69) is 39.4 Å². The summed E-state index contributed by atoms with van der Waals surface area (Å²) in [5.41, 5.74) is 2.89. The zero-order chi connectivity index (χ0) is 23.1. The summed E-state index contributed by atoms with van der Waals surface area (Å²) in [7, 11) is 1.99. The number of rotatable bonds is 5. The van der Waals surface area contributed by atoms with Crippen LogP contribution in [-0.2, 0) is 11.3 Å². The molecule has 0 atom stereocenters. The Kier molecular flexibility index (Phi) is 5.41. The predicted octanol–water partition coefficient (Wildman–Crippen LogP) is 4.79. The van der Waals surface area contributed by atoms with E-state index in [1.54, 1.807) is 6.33 Å². The van der Waals surface area contributed by atoms with Crippen LogP contribution in [0.25, 0.3) is 28.0 Å². The van der Waals surface area contributed by atoms with E-state index in [0.29, 0.717) is 10.8 Å². The number of halogens is 1. The number of aromatic nitrogens is 4. The fourth-order valence-corrected chi connectivity index (χ4v) is 4.53. The average molecular weight is 475 g/mol. The lowest BCUT2D eigenvalue weighted by atomic mass is 10.1.